The summed E-state index contributed by atoms with van der Waals surface area (Å²) in [4.78, 5) is 43.8. The number of carboxylic acids is 1. The highest BCUT2D eigenvalue weighted by molar-refractivity contribution is 7.80. The number of rotatable bonds is 9. The largest absolute Gasteiger partial charge is 0.479 e. The Kier molecular flexibility index (Phi) is 6.03. The molecule has 0 unspecified atom stereocenters. The quantitative estimate of drug-likeness (QED) is 0.194. The van der Waals surface area contributed by atoms with Gasteiger partial charge in [-0.3, -0.25) is 14.1 Å². The molecule has 1 aliphatic rings. The Morgan fingerprint density at radius 1 is 1.46 bits per heavy atom. The highest BCUT2D eigenvalue weighted by Gasteiger charge is 2.57. The molecular formula is C13H16N4O9S2. The Bertz CT molecular complexity index is 938. The van der Waals surface area contributed by atoms with E-state index in [1.807, 2.05) is 0 Å². The van der Waals surface area contributed by atoms with Gasteiger partial charge in [-0.1, -0.05) is 5.16 Å². The first-order valence-corrected chi connectivity index (χ1v) is 9.75. The van der Waals surface area contributed by atoms with Gasteiger partial charge in [0.1, 0.15) is 5.69 Å². The molecule has 0 aliphatic carbocycles. The van der Waals surface area contributed by atoms with Crippen molar-refractivity contribution in [2.75, 3.05) is 12.3 Å². The number of hydrogen-bond acceptors (Lipinski definition) is 11. The summed E-state index contributed by atoms with van der Waals surface area (Å²) >= 11 is 1.01. The summed E-state index contributed by atoms with van der Waals surface area (Å²) < 4.78 is 34.6. The zero-order valence-electron chi connectivity index (χ0n) is 14.6. The number of anilines is 1. The second kappa shape index (κ2) is 7.78. The number of nitrogens with zero attached hydrogens (tertiary/aromatic N) is 3. The summed E-state index contributed by atoms with van der Waals surface area (Å²) in [5, 5.41) is 14.1. The Morgan fingerprint density at radius 3 is 2.57 bits per heavy atom. The number of hydroxylamine groups is 2. The number of carbonyl (C=O) groups excluding carboxylic acids is 2. The summed E-state index contributed by atoms with van der Waals surface area (Å²) in [5.74, 6) is -3.88. The SMILES string of the molecule is CC1(C)[C@H](CC(=O)/C(=N\OCC(=O)O)c2csc(N)n2)C(=O)N1OS(=O)(=O)O. The molecule has 15 heteroatoms. The van der Waals surface area contributed by atoms with Gasteiger partial charge in [0.25, 0.3) is 5.91 Å². The van der Waals surface area contributed by atoms with Crippen LogP contribution in [-0.2, 0) is 33.9 Å². The third kappa shape index (κ3) is 4.80. The molecule has 28 heavy (non-hydrogen) atoms. The lowest BCUT2D eigenvalue weighted by Gasteiger charge is -2.50. The number of nitrogens with two attached hydrogens (primary N) is 1. The van der Waals surface area contributed by atoms with Gasteiger partial charge in [-0.2, -0.15) is 13.5 Å². The number of carboxylic acid groups (broad SMARTS) is 1. The molecular weight excluding hydrogens is 420 g/mol. The molecule has 1 saturated heterocycles. The van der Waals surface area contributed by atoms with Crippen molar-refractivity contribution in [1.29, 1.82) is 0 Å². The Labute approximate surface area is 162 Å². The summed E-state index contributed by atoms with van der Waals surface area (Å²) in [6.45, 7) is 2.05. The predicted octanol–water partition coefficient (Wildman–Crippen LogP) is -0.539. The molecule has 0 bridgehead atoms. The number of oxime groups is 1. The van der Waals surface area contributed by atoms with Crippen LogP contribution in [0.15, 0.2) is 10.5 Å². The van der Waals surface area contributed by atoms with Crippen LogP contribution in [0.4, 0.5) is 5.13 Å². The van der Waals surface area contributed by atoms with Crippen LogP contribution < -0.4 is 5.73 Å². The summed E-state index contributed by atoms with van der Waals surface area (Å²) in [6, 6.07) is 0. The van der Waals surface area contributed by atoms with Gasteiger partial charge in [0.05, 0.1) is 11.5 Å². The number of nitrogen functional groups attached to an aromatic ring is 1. The van der Waals surface area contributed by atoms with Crippen molar-refractivity contribution in [3.8, 4) is 0 Å². The minimum absolute atomic E-state index is 0.0357. The number of Topliss-reactive ketones (excluding diaryl/α,β-unsaturated/α-hetero) is 1. The maximum atomic E-state index is 12.6. The lowest BCUT2D eigenvalue weighted by atomic mass is 9.74. The van der Waals surface area contributed by atoms with Crippen molar-refractivity contribution >= 4 is 50.2 Å². The van der Waals surface area contributed by atoms with E-state index in [-0.39, 0.29) is 16.5 Å². The van der Waals surface area contributed by atoms with E-state index >= 15 is 0 Å². The van der Waals surface area contributed by atoms with Crippen molar-refractivity contribution in [3.63, 3.8) is 0 Å². The number of aliphatic carboxylic acids is 1. The summed E-state index contributed by atoms with van der Waals surface area (Å²) in [6.07, 6.45) is -0.427. The van der Waals surface area contributed by atoms with E-state index in [0.717, 1.165) is 11.3 Å². The second-order valence-corrected chi connectivity index (χ2v) is 8.04. The third-order valence-electron chi connectivity index (χ3n) is 3.81. The van der Waals surface area contributed by atoms with Gasteiger partial charge in [0, 0.05) is 11.8 Å². The second-order valence-electron chi connectivity index (χ2n) is 6.15. The highest BCUT2D eigenvalue weighted by Crippen LogP contribution is 2.40. The molecule has 1 amide bonds. The van der Waals surface area contributed by atoms with E-state index in [1.54, 1.807) is 0 Å². The first kappa shape index (κ1) is 21.7. The first-order valence-electron chi connectivity index (χ1n) is 7.50. The fourth-order valence-electron chi connectivity index (χ4n) is 2.44. The molecule has 1 aromatic heterocycles. The number of hydrogen-bond donors (Lipinski definition) is 3. The van der Waals surface area contributed by atoms with Gasteiger partial charge >= 0.3 is 16.4 Å². The summed E-state index contributed by atoms with van der Waals surface area (Å²) in [7, 11) is -4.92. The molecule has 1 fully saturated rings. The molecule has 1 aliphatic heterocycles. The van der Waals surface area contributed by atoms with Gasteiger partial charge in [-0.05, 0) is 13.8 Å². The van der Waals surface area contributed by atoms with Crippen molar-refractivity contribution in [1.82, 2.24) is 10.0 Å². The molecule has 13 nitrogen and oxygen atoms in total. The van der Waals surface area contributed by atoms with Crippen LogP contribution in [0, 0.1) is 5.92 Å². The number of β-lactam (4-membered cyclic amide) rings is 1. The Balaban J connectivity index is 2.19. The number of carbonyl (C=O) groups is 3. The van der Waals surface area contributed by atoms with Crippen molar-refractivity contribution in [2.24, 2.45) is 11.1 Å². The van der Waals surface area contributed by atoms with Crippen molar-refractivity contribution in [3.05, 3.63) is 11.1 Å². The van der Waals surface area contributed by atoms with E-state index in [4.69, 9.17) is 15.4 Å². The zero-order valence-corrected chi connectivity index (χ0v) is 16.2. The maximum absolute atomic E-state index is 12.6. The highest BCUT2D eigenvalue weighted by atomic mass is 32.3. The molecule has 154 valence electrons. The zero-order chi connectivity index (χ0) is 21.3. The third-order valence-corrected chi connectivity index (χ3v) is 4.82. The van der Waals surface area contributed by atoms with Gasteiger partial charge in [0.2, 0.25) is 6.61 Å². The molecule has 1 aromatic rings. The van der Waals surface area contributed by atoms with Crippen LogP contribution in [0.5, 0.6) is 0 Å². The normalized spacial score (nSPS) is 19.2. The van der Waals surface area contributed by atoms with E-state index in [1.165, 1.54) is 19.2 Å². The van der Waals surface area contributed by atoms with E-state index in [9.17, 15) is 22.8 Å². The molecule has 2 heterocycles. The summed E-state index contributed by atoms with van der Waals surface area (Å²) in [5.41, 5.74) is 3.98. The molecule has 2 rings (SSSR count). The van der Waals surface area contributed by atoms with E-state index in [2.05, 4.69) is 19.3 Å². The van der Waals surface area contributed by atoms with Gasteiger partial charge in [-0.15, -0.1) is 15.6 Å². The first-order chi connectivity index (χ1) is 12.8. The van der Waals surface area contributed by atoms with Gasteiger partial charge in [0.15, 0.2) is 16.6 Å². The van der Waals surface area contributed by atoms with Crippen LogP contribution in [-0.4, -0.2) is 63.6 Å². The van der Waals surface area contributed by atoms with Crippen LogP contribution in [0.25, 0.3) is 0 Å². The molecule has 0 radical (unpaired) electrons. The monoisotopic (exact) mass is 436 g/mol. The van der Waals surface area contributed by atoms with Crippen molar-refractivity contribution < 1.29 is 41.6 Å². The lowest BCUT2D eigenvalue weighted by molar-refractivity contribution is -0.228. The number of ketones is 1. The number of thiazole rings is 1. The Morgan fingerprint density at radius 2 is 2.11 bits per heavy atom. The molecule has 0 spiro atoms. The Hall–Kier alpha value is -2.62. The maximum Gasteiger partial charge on any atom is 0.418 e. The number of amides is 1. The van der Waals surface area contributed by atoms with Crippen LogP contribution in [0.2, 0.25) is 0 Å². The standard InChI is InChI=1S/C13H16N4O9S2/c1-13(2)6(11(21)17(13)26-28(22,23)24)3-8(18)10(16-25-4-9(19)20)7-5-27-12(14)15-7/h5-6H,3-4H2,1-2H3,(H2,14,15)(H,19,20)(H,22,23,24)/b16-10-/t6-/m1/s1. The topological polar surface area (TPSA) is 199 Å². The molecule has 0 aromatic carbocycles. The van der Waals surface area contributed by atoms with E-state index in [0.29, 0.717) is 5.06 Å². The van der Waals surface area contributed by atoms with Crippen molar-refractivity contribution in [2.45, 2.75) is 25.8 Å². The molecule has 1 atom stereocenters. The lowest BCUT2D eigenvalue weighted by Crippen LogP contribution is -2.68. The molecule has 4 N–H and O–H groups in total. The van der Waals surface area contributed by atoms with Gasteiger partial charge in [-0.25, -0.2) is 9.78 Å². The average molecular weight is 436 g/mol. The minimum atomic E-state index is -4.92. The fourth-order valence-corrected chi connectivity index (χ4v) is 3.44. The minimum Gasteiger partial charge on any atom is -0.479 e. The number of aromatic nitrogens is 1. The van der Waals surface area contributed by atoms with Crippen LogP contribution in [0.3, 0.4) is 0 Å². The molecule has 0 saturated carbocycles. The van der Waals surface area contributed by atoms with Gasteiger partial charge < -0.3 is 15.7 Å². The fraction of sp³-hybridized carbons (Fsp3) is 0.462. The van der Waals surface area contributed by atoms with Crippen LogP contribution >= 0.6 is 11.3 Å². The van der Waals surface area contributed by atoms with E-state index < -0.39 is 52.5 Å². The van der Waals surface area contributed by atoms with Crippen LogP contribution in [0.1, 0.15) is 26.0 Å². The predicted molar refractivity (Wildman–Crippen MR) is 93.3 cm³/mol. The smallest absolute Gasteiger partial charge is 0.418 e. The average Bonchev–Trinajstić information content (AvgIpc) is 2.98.